The number of nitrogens with zero attached hydrogens (tertiary/aromatic N) is 3. The van der Waals surface area contributed by atoms with Crippen LogP contribution in [0.1, 0.15) is 31.5 Å². The Balaban J connectivity index is 2.33. The van der Waals surface area contributed by atoms with E-state index in [1.165, 1.54) is 0 Å². The van der Waals surface area contributed by atoms with Crippen LogP contribution in [-0.4, -0.2) is 21.1 Å². The first-order chi connectivity index (χ1) is 7.74. The second kappa shape index (κ2) is 4.61. The molecule has 0 fully saturated rings. The number of rotatable bonds is 4. The Morgan fingerprint density at radius 2 is 2.31 bits per heavy atom. The van der Waals surface area contributed by atoms with Crippen molar-refractivity contribution in [2.45, 2.75) is 25.7 Å². The van der Waals surface area contributed by atoms with Crippen LogP contribution >= 0.6 is 0 Å². The summed E-state index contributed by atoms with van der Waals surface area (Å²) in [6.07, 6.45) is 5.77. The summed E-state index contributed by atoms with van der Waals surface area (Å²) >= 11 is 0. The van der Waals surface area contributed by atoms with Gasteiger partial charge in [-0.15, -0.1) is 0 Å². The van der Waals surface area contributed by atoms with E-state index in [9.17, 15) is 0 Å². The second-order valence-electron chi connectivity index (χ2n) is 4.23. The standard InChI is InChI=1S/C12H18N4/c1-9(4-3-6-13)12-15-10-5-7-14-8-11(10)16(12)2/h5,7-9H,3-4,6,13H2,1-2H3. The van der Waals surface area contributed by atoms with Gasteiger partial charge in [-0.05, 0) is 25.5 Å². The summed E-state index contributed by atoms with van der Waals surface area (Å²) in [5.74, 6) is 1.57. The Kier molecular flexibility index (Phi) is 3.19. The molecule has 0 aliphatic heterocycles. The minimum atomic E-state index is 0.445. The second-order valence-corrected chi connectivity index (χ2v) is 4.23. The average molecular weight is 218 g/mol. The van der Waals surface area contributed by atoms with Gasteiger partial charge in [-0.3, -0.25) is 4.98 Å². The van der Waals surface area contributed by atoms with E-state index in [1.54, 1.807) is 6.20 Å². The first-order valence-corrected chi connectivity index (χ1v) is 5.70. The number of hydrogen-bond donors (Lipinski definition) is 1. The van der Waals surface area contributed by atoms with Gasteiger partial charge in [0, 0.05) is 19.2 Å². The average Bonchev–Trinajstić information content (AvgIpc) is 2.64. The van der Waals surface area contributed by atoms with E-state index in [4.69, 9.17) is 5.73 Å². The normalized spacial score (nSPS) is 13.2. The molecule has 2 aromatic heterocycles. The first-order valence-electron chi connectivity index (χ1n) is 5.70. The monoisotopic (exact) mass is 218 g/mol. The van der Waals surface area contributed by atoms with Crippen LogP contribution in [0.4, 0.5) is 0 Å². The zero-order valence-electron chi connectivity index (χ0n) is 9.85. The summed E-state index contributed by atoms with van der Waals surface area (Å²) in [5, 5.41) is 0. The number of pyridine rings is 1. The Hall–Kier alpha value is -1.42. The third kappa shape index (κ3) is 1.93. The number of imidazole rings is 1. The van der Waals surface area contributed by atoms with Gasteiger partial charge >= 0.3 is 0 Å². The third-order valence-electron chi connectivity index (χ3n) is 3.00. The largest absolute Gasteiger partial charge is 0.330 e. The summed E-state index contributed by atoms with van der Waals surface area (Å²) < 4.78 is 2.13. The molecule has 1 unspecified atom stereocenters. The van der Waals surface area contributed by atoms with Crippen molar-refractivity contribution in [2.75, 3.05) is 6.54 Å². The van der Waals surface area contributed by atoms with Crippen LogP contribution in [0, 0.1) is 0 Å². The maximum atomic E-state index is 5.53. The molecule has 16 heavy (non-hydrogen) atoms. The van der Waals surface area contributed by atoms with Crippen molar-refractivity contribution in [1.82, 2.24) is 14.5 Å². The predicted molar refractivity (Wildman–Crippen MR) is 65.2 cm³/mol. The van der Waals surface area contributed by atoms with Crippen molar-refractivity contribution in [3.63, 3.8) is 0 Å². The Bertz CT molecular complexity index is 475. The molecule has 86 valence electrons. The fourth-order valence-electron chi connectivity index (χ4n) is 2.05. The van der Waals surface area contributed by atoms with Gasteiger partial charge in [0.05, 0.1) is 17.2 Å². The molecule has 0 bridgehead atoms. The van der Waals surface area contributed by atoms with Gasteiger partial charge in [0.25, 0.3) is 0 Å². The lowest BCUT2D eigenvalue weighted by molar-refractivity contribution is 0.592. The molecule has 0 spiro atoms. The highest BCUT2D eigenvalue weighted by atomic mass is 15.1. The van der Waals surface area contributed by atoms with E-state index in [0.29, 0.717) is 5.92 Å². The van der Waals surface area contributed by atoms with Gasteiger partial charge < -0.3 is 10.3 Å². The van der Waals surface area contributed by atoms with Gasteiger partial charge in [-0.2, -0.15) is 0 Å². The summed E-state index contributed by atoms with van der Waals surface area (Å²) in [6.45, 7) is 2.94. The molecule has 2 heterocycles. The van der Waals surface area contributed by atoms with Crippen LogP contribution in [0.3, 0.4) is 0 Å². The molecule has 0 saturated heterocycles. The molecule has 0 aliphatic rings. The van der Waals surface area contributed by atoms with Gasteiger partial charge in [0.1, 0.15) is 5.82 Å². The number of aryl methyl sites for hydroxylation is 1. The molecule has 0 saturated carbocycles. The maximum Gasteiger partial charge on any atom is 0.112 e. The molecule has 2 N–H and O–H groups in total. The molecule has 2 rings (SSSR count). The molecule has 4 nitrogen and oxygen atoms in total. The van der Waals surface area contributed by atoms with Crippen molar-refractivity contribution in [3.8, 4) is 0 Å². The zero-order valence-corrected chi connectivity index (χ0v) is 9.85. The fourth-order valence-corrected chi connectivity index (χ4v) is 2.05. The molecular formula is C12H18N4. The summed E-state index contributed by atoms with van der Waals surface area (Å²) in [5.41, 5.74) is 7.65. The highest BCUT2D eigenvalue weighted by molar-refractivity contribution is 5.74. The molecule has 4 heteroatoms. The summed E-state index contributed by atoms with van der Waals surface area (Å²) in [4.78, 5) is 8.77. The molecule has 0 aromatic carbocycles. The van der Waals surface area contributed by atoms with E-state index >= 15 is 0 Å². The highest BCUT2D eigenvalue weighted by Crippen LogP contribution is 2.23. The molecule has 0 radical (unpaired) electrons. The van der Waals surface area contributed by atoms with E-state index in [-0.39, 0.29) is 0 Å². The summed E-state index contributed by atoms with van der Waals surface area (Å²) in [7, 11) is 2.05. The number of aromatic nitrogens is 3. The Morgan fingerprint density at radius 3 is 3.00 bits per heavy atom. The smallest absolute Gasteiger partial charge is 0.112 e. The predicted octanol–water partition coefficient (Wildman–Crippen LogP) is 1.81. The van der Waals surface area contributed by atoms with E-state index in [0.717, 1.165) is 36.2 Å². The summed E-state index contributed by atoms with van der Waals surface area (Å²) in [6, 6.07) is 1.95. The Morgan fingerprint density at radius 1 is 1.50 bits per heavy atom. The highest BCUT2D eigenvalue weighted by Gasteiger charge is 2.13. The van der Waals surface area contributed by atoms with Gasteiger partial charge in [0.15, 0.2) is 0 Å². The lowest BCUT2D eigenvalue weighted by Gasteiger charge is -2.10. The van der Waals surface area contributed by atoms with Crippen molar-refractivity contribution in [3.05, 3.63) is 24.3 Å². The molecule has 0 aliphatic carbocycles. The van der Waals surface area contributed by atoms with Gasteiger partial charge in [-0.25, -0.2) is 4.98 Å². The zero-order chi connectivity index (χ0) is 11.5. The van der Waals surface area contributed by atoms with E-state index < -0.39 is 0 Å². The van der Waals surface area contributed by atoms with Crippen LogP contribution in [0.25, 0.3) is 11.0 Å². The Labute approximate surface area is 95.5 Å². The number of nitrogens with two attached hydrogens (primary N) is 1. The van der Waals surface area contributed by atoms with Crippen LogP contribution < -0.4 is 5.73 Å². The third-order valence-corrected chi connectivity index (χ3v) is 3.00. The minimum Gasteiger partial charge on any atom is -0.330 e. The SMILES string of the molecule is CC(CCCN)c1nc2ccncc2n1C. The molecular weight excluding hydrogens is 200 g/mol. The van der Waals surface area contributed by atoms with Crippen LogP contribution in [-0.2, 0) is 7.05 Å². The fraction of sp³-hybridized carbons (Fsp3) is 0.500. The van der Waals surface area contributed by atoms with Crippen molar-refractivity contribution in [2.24, 2.45) is 12.8 Å². The lowest BCUT2D eigenvalue weighted by Crippen LogP contribution is -2.06. The maximum absolute atomic E-state index is 5.53. The van der Waals surface area contributed by atoms with E-state index in [2.05, 4.69) is 21.5 Å². The number of fused-ring (bicyclic) bond motifs is 1. The van der Waals surface area contributed by atoms with Gasteiger partial charge in [0.2, 0.25) is 0 Å². The van der Waals surface area contributed by atoms with Crippen LogP contribution in [0.15, 0.2) is 18.5 Å². The van der Waals surface area contributed by atoms with Gasteiger partial charge in [-0.1, -0.05) is 6.92 Å². The first kappa shape index (κ1) is 11.1. The quantitative estimate of drug-likeness (QED) is 0.851. The van der Waals surface area contributed by atoms with Crippen molar-refractivity contribution in [1.29, 1.82) is 0 Å². The van der Waals surface area contributed by atoms with E-state index in [1.807, 2.05) is 19.3 Å². The van der Waals surface area contributed by atoms with Crippen LogP contribution in [0.2, 0.25) is 0 Å². The lowest BCUT2D eigenvalue weighted by atomic mass is 10.1. The minimum absolute atomic E-state index is 0.445. The van der Waals surface area contributed by atoms with Crippen LogP contribution in [0.5, 0.6) is 0 Å². The molecule has 0 amide bonds. The number of hydrogen-bond acceptors (Lipinski definition) is 3. The van der Waals surface area contributed by atoms with Crippen molar-refractivity contribution < 1.29 is 0 Å². The van der Waals surface area contributed by atoms with Crippen molar-refractivity contribution >= 4 is 11.0 Å². The molecule has 2 aromatic rings. The topological polar surface area (TPSA) is 56.7 Å². The molecule has 1 atom stereocenters.